The van der Waals surface area contributed by atoms with Gasteiger partial charge in [-0.25, -0.2) is 0 Å². The Morgan fingerprint density at radius 1 is 1.19 bits per heavy atom. The van der Waals surface area contributed by atoms with Gasteiger partial charge < -0.3 is 10.1 Å². The first-order valence-electron chi connectivity index (χ1n) is 6.97. The van der Waals surface area contributed by atoms with Crippen LogP contribution in [0.3, 0.4) is 0 Å². The standard InChI is InChI=1S/C17H16ClNO2/c18-14-7-5-13(6-8-14)17(20)19-11-16-15-4-2-1-3-12(15)9-10-21-16/h1-8,16H,9-11H2,(H,19,20)/t16-/m1/s1. The van der Waals surface area contributed by atoms with Crippen molar-refractivity contribution in [3.63, 3.8) is 0 Å². The van der Waals surface area contributed by atoms with Crippen LogP contribution in [0.1, 0.15) is 27.6 Å². The zero-order valence-corrected chi connectivity index (χ0v) is 12.3. The van der Waals surface area contributed by atoms with E-state index in [-0.39, 0.29) is 12.0 Å². The van der Waals surface area contributed by atoms with Gasteiger partial charge in [-0.05, 0) is 41.8 Å². The molecule has 0 bridgehead atoms. The third kappa shape index (κ3) is 3.26. The zero-order valence-electron chi connectivity index (χ0n) is 11.5. The summed E-state index contributed by atoms with van der Waals surface area (Å²) in [5.74, 6) is -0.113. The Labute approximate surface area is 128 Å². The van der Waals surface area contributed by atoms with Gasteiger partial charge in [0.05, 0.1) is 6.61 Å². The molecule has 0 aliphatic carbocycles. The van der Waals surface area contributed by atoms with E-state index in [1.807, 2.05) is 12.1 Å². The van der Waals surface area contributed by atoms with Gasteiger partial charge in [-0.2, -0.15) is 0 Å². The highest BCUT2D eigenvalue weighted by atomic mass is 35.5. The molecule has 0 aromatic heterocycles. The quantitative estimate of drug-likeness (QED) is 0.944. The van der Waals surface area contributed by atoms with Gasteiger partial charge in [0, 0.05) is 17.1 Å². The van der Waals surface area contributed by atoms with Crippen molar-refractivity contribution in [2.45, 2.75) is 12.5 Å². The second kappa shape index (κ2) is 6.29. The number of carbonyl (C=O) groups excluding carboxylic acids is 1. The number of benzene rings is 2. The lowest BCUT2D eigenvalue weighted by Crippen LogP contribution is -2.31. The van der Waals surface area contributed by atoms with Crippen LogP contribution in [0.2, 0.25) is 5.02 Å². The Morgan fingerprint density at radius 2 is 1.95 bits per heavy atom. The van der Waals surface area contributed by atoms with Crippen molar-refractivity contribution >= 4 is 17.5 Å². The molecule has 0 spiro atoms. The molecule has 1 amide bonds. The molecule has 21 heavy (non-hydrogen) atoms. The molecule has 1 atom stereocenters. The van der Waals surface area contributed by atoms with Gasteiger partial charge in [-0.15, -0.1) is 0 Å². The summed E-state index contributed by atoms with van der Waals surface area (Å²) in [6.07, 6.45) is 0.851. The number of hydrogen-bond donors (Lipinski definition) is 1. The minimum absolute atomic E-state index is 0.0776. The molecule has 0 fully saturated rings. The summed E-state index contributed by atoms with van der Waals surface area (Å²) < 4.78 is 5.77. The second-order valence-electron chi connectivity index (χ2n) is 5.03. The second-order valence-corrected chi connectivity index (χ2v) is 5.46. The van der Waals surface area contributed by atoms with Crippen molar-refractivity contribution in [2.75, 3.05) is 13.2 Å². The maximum absolute atomic E-state index is 12.1. The topological polar surface area (TPSA) is 38.3 Å². The zero-order chi connectivity index (χ0) is 14.7. The summed E-state index contributed by atoms with van der Waals surface area (Å²) in [6.45, 7) is 1.16. The number of fused-ring (bicyclic) bond motifs is 1. The molecule has 1 aliphatic rings. The highest BCUT2D eigenvalue weighted by Gasteiger charge is 2.21. The van der Waals surface area contributed by atoms with E-state index in [9.17, 15) is 4.79 Å². The molecule has 1 N–H and O–H groups in total. The molecule has 1 aliphatic heterocycles. The smallest absolute Gasteiger partial charge is 0.251 e. The average Bonchev–Trinajstić information content (AvgIpc) is 2.53. The lowest BCUT2D eigenvalue weighted by molar-refractivity contribution is 0.0411. The molecule has 0 saturated carbocycles. The molecule has 2 aromatic carbocycles. The predicted molar refractivity (Wildman–Crippen MR) is 82.6 cm³/mol. The molecule has 0 unspecified atom stereocenters. The van der Waals surface area contributed by atoms with E-state index >= 15 is 0 Å². The summed E-state index contributed by atoms with van der Waals surface area (Å²) in [4.78, 5) is 12.1. The molecule has 2 aromatic rings. The maximum Gasteiger partial charge on any atom is 0.251 e. The number of rotatable bonds is 3. The van der Waals surface area contributed by atoms with E-state index in [1.165, 1.54) is 11.1 Å². The minimum Gasteiger partial charge on any atom is -0.371 e. The van der Waals surface area contributed by atoms with Gasteiger partial charge in [-0.1, -0.05) is 35.9 Å². The van der Waals surface area contributed by atoms with Crippen LogP contribution in [0, 0.1) is 0 Å². The Morgan fingerprint density at radius 3 is 2.76 bits per heavy atom. The van der Waals surface area contributed by atoms with Crippen LogP contribution < -0.4 is 5.32 Å². The monoisotopic (exact) mass is 301 g/mol. The third-order valence-electron chi connectivity index (χ3n) is 3.65. The van der Waals surface area contributed by atoms with E-state index in [2.05, 4.69) is 17.4 Å². The minimum atomic E-state index is -0.113. The van der Waals surface area contributed by atoms with Crippen LogP contribution in [0.25, 0.3) is 0 Å². The van der Waals surface area contributed by atoms with E-state index in [1.54, 1.807) is 24.3 Å². The molecule has 1 heterocycles. The number of hydrogen-bond acceptors (Lipinski definition) is 2. The van der Waals surface area contributed by atoms with Crippen molar-refractivity contribution in [2.24, 2.45) is 0 Å². The van der Waals surface area contributed by atoms with Crippen molar-refractivity contribution in [3.8, 4) is 0 Å². The SMILES string of the molecule is O=C(NC[C@H]1OCCc2ccccc21)c1ccc(Cl)cc1. The first-order valence-corrected chi connectivity index (χ1v) is 7.35. The summed E-state index contributed by atoms with van der Waals surface area (Å²) in [7, 11) is 0. The van der Waals surface area contributed by atoms with E-state index in [0.717, 1.165) is 6.42 Å². The first-order chi connectivity index (χ1) is 10.2. The first kappa shape index (κ1) is 14.1. The molecule has 3 rings (SSSR count). The highest BCUT2D eigenvalue weighted by Crippen LogP contribution is 2.26. The van der Waals surface area contributed by atoms with Gasteiger partial charge in [0.25, 0.3) is 5.91 Å². The molecule has 108 valence electrons. The normalized spacial score (nSPS) is 17.1. The van der Waals surface area contributed by atoms with Gasteiger partial charge >= 0.3 is 0 Å². The fourth-order valence-corrected chi connectivity index (χ4v) is 2.66. The number of carbonyl (C=O) groups is 1. The molecular weight excluding hydrogens is 286 g/mol. The number of ether oxygens (including phenoxy) is 1. The summed E-state index contributed by atoms with van der Waals surface area (Å²) in [6, 6.07) is 15.1. The van der Waals surface area contributed by atoms with Crippen molar-refractivity contribution in [3.05, 3.63) is 70.2 Å². The van der Waals surface area contributed by atoms with Crippen molar-refractivity contribution in [1.82, 2.24) is 5.32 Å². The van der Waals surface area contributed by atoms with E-state index < -0.39 is 0 Å². The lowest BCUT2D eigenvalue weighted by Gasteiger charge is -2.26. The fraction of sp³-hybridized carbons (Fsp3) is 0.235. The maximum atomic E-state index is 12.1. The highest BCUT2D eigenvalue weighted by molar-refractivity contribution is 6.30. The molecule has 0 saturated heterocycles. The van der Waals surface area contributed by atoms with Crippen LogP contribution >= 0.6 is 11.6 Å². The molecule has 4 heteroatoms. The number of amides is 1. The van der Waals surface area contributed by atoms with Gasteiger partial charge in [0.2, 0.25) is 0 Å². The van der Waals surface area contributed by atoms with Crippen LogP contribution in [0.15, 0.2) is 48.5 Å². The number of halogens is 1. The summed E-state index contributed by atoms with van der Waals surface area (Å²) in [5, 5.41) is 3.54. The number of nitrogens with one attached hydrogen (secondary N) is 1. The van der Waals surface area contributed by atoms with Gasteiger partial charge in [0.1, 0.15) is 6.10 Å². The predicted octanol–water partition coefficient (Wildman–Crippen LogP) is 3.38. The molecule has 0 radical (unpaired) electrons. The van der Waals surface area contributed by atoms with Crippen LogP contribution in [-0.4, -0.2) is 19.1 Å². The third-order valence-corrected chi connectivity index (χ3v) is 3.90. The Kier molecular flexibility index (Phi) is 4.23. The van der Waals surface area contributed by atoms with Crippen LogP contribution in [0.5, 0.6) is 0 Å². The van der Waals surface area contributed by atoms with Crippen molar-refractivity contribution < 1.29 is 9.53 Å². The molecular formula is C17H16ClNO2. The van der Waals surface area contributed by atoms with Crippen LogP contribution in [0.4, 0.5) is 0 Å². The van der Waals surface area contributed by atoms with E-state index in [0.29, 0.717) is 23.7 Å². The summed E-state index contributed by atoms with van der Waals surface area (Å²) in [5.41, 5.74) is 3.07. The average molecular weight is 302 g/mol. The largest absolute Gasteiger partial charge is 0.371 e. The van der Waals surface area contributed by atoms with Gasteiger partial charge in [-0.3, -0.25) is 4.79 Å². The van der Waals surface area contributed by atoms with Gasteiger partial charge in [0.15, 0.2) is 0 Å². The van der Waals surface area contributed by atoms with E-state index in [4.69, 9.17) is 16.3 Å². The molecule has 3 nitrogen and oxygen atoms in total. The lowest BCUT2D eigenvalue weighted by atomic mass is 9.97. The fourth-order valence-electron chi connectivity index (χ4n) is 2.53. The van der Waals surface area contributed by atoms with Crippen LogP contribution in [-0.2, 0) is 11.2 Å². The van der Waals surface area contributed by atoms with Crippen molar-refractivity contribution in [1.29, 1.82) is 0 Å². The summed E-state index contributed by atoms with van der Waals surface area (Å²) >= 11 is 5.82. The Hall–Kier alpha value is -1.84. The Balaban J connectivity index is 1.66. The Bertz CT molecular complexity index is 639.